The number of aliphatic carboxylic acids is 1. The Bertz CT molecular complexity index is 432. The number of alkyl halides is 2. The topological polar surface area (TPSA) is 75.6 Å². The van der Waals surface area contributed by atoms with Crippen LogP contribution in [0.2, 0.25) is 0 Å². The van der Waals surface area contributed by atoms with Gasteiger partial charge >= 0.3 is 12.6 Å². The maximum absolute atomic E-state index is 12.0. The van der Waals surface area contributed by atoms with Crippen LogP contribution in [-0.4, -0.2) is 23.6 Å². The number of hydrogen-bond donors (Lipinski definition) is 2. The lowest BCUT2D eigenvalue weighted by atomic mass is 10.0. The van der Waals surface area contributed by atoms with Gasteiger partial charge in [-0.2, -0.15) is 8.78 Å². The van der Waals surface area contributed by atoms with Crippen LogP contribution in [0.5, 0.6) is 5.75 Å². The summed E-state index contributed by atoms with van der Waals surface area (Å²) in [6.45, 7) is -1.65. The third-order valence-electron chi connectivity index (χ3n) is 2.26. The summed E-state index contributed by atoms with van der Waals surface area (Å²) >= 11 is 0. The summed E-state index contributed by atoms with van der Waals surface area (Å²) in [5.41, 5.74) is 0.499. The summed E-state index contributed by atoms with van der Waals surface area (Å²) in [5, 5.41) is 11.2. The number of benzene rings is 1. The molecule has 1 rings (SSSR count). The number of carbonyl (C=O) groups excluding carboxylic acids is 1. The summed E-state index contributed by atoms with van der Waals surface area (Å²) in [4.78, 5) is 21.7. The predicted molar refractivity (Wildman–Crippen MR) is 61.9 cm³/mol. The lowest BCUT2D eigenvalue weighted by Gasteiger charge is -2.16. The molecule has 0 fully saturated rings. The van der Waals surface area contributed by atoms with Gasteiger partial charge in [-0.15, -0.1) is 0 Å². The van der Waals surface area contributed by atoms with E-state index < -0.39 is 18.6 Å². The highest BCUT2D eigenvalue weighted by Gasteiger charge is 2.16. The third kappa shape index (κ3) is 5.33. The molecule has 0 aliphatic heterocycles. The second-order valence-corrected chi connectivity index (χ2v) is 3.80. The van der Waals surface area contributed by atoms with Gasteiger partial charge in [0.2, 0.25) is 5.91 Å². The van der Waals surface area contributed by atoms with Crippen molar-refractivity contribution in [3.63, 3.8) is 0 Å². The number of halogens is 2. The van der Waals surface area contributed by atoms with Crippen LogP contribution in [0.25, 0.3) is 0 Å². The van der Waals surface area contributed by atoms with Crippen LogP contribution in [-0.2, 0) is 9.59 Å². The maximum atomic E-state index is 12.0. The summed E-state index contributed by atoms with van der Waals surface area (Å²) in [7, 11) is 0. The van der Waals surface area contributed by atoms with Crippen molar-refractivity contribution in [1.29, 1.82) is 0 Å². The van der Waals surface area contributed by atoms with Crippen molar-refractivity contribution < 1.29 is 28.2 Å². The maximum Gasteiger partial charge on any atom is 0.387 e. The van der Waals surface area contributed by atoms with Crippen LogP contribution >= 0.6 is 0 Å². The Kier molecular flexibility index (Phi) is 5.23. The summed E-state index contributed by atoms with van der Waals surface area (Å²) < 4.78 is 28.1. The van der Waals surface area contributed by atoms with E-state index in [0.717, 1.165) is 0 Å². The smallest absolute Gasteiger partial charge is 0.387 e. The Labute approximate surface area is 108 Å². The molecule has 104 valence electrons. The second kappa shape index (κ2) is 6.67. The molecule has 0 saturated heterocycles. The van der Waals surface area contributed by atoms with Crippen molar-refractivity contribution in [2.24, 2.45) is 0 Å². The summed E-state index contributed by atoms with van der Waals surface area (Å²) in [6, 6.07) is 4.73. The number of carboxylic acids is 1. The number of ether oxygens (including phenoxy) is 1. The van der Waals surface area contributed by atoms with Gasteiger partial charge in [-0.25, -0.2) is 0 Å². The molecule has 19 heavy (non-hydrogen) atoms. The van der Waals surface area contributed by atoms with Gasteiger partial charge in [-0.05, 0) is 17.7 Å². The van der Waals surface area contributed by atoms with Crippen molar-refractivity contribution in [1.82, 2.24) is 5.32 Å². The van der Waals surface area contributed by atoms with E-state index in [2.05, 4.69) is 10.1 Å². The Balaban J connectivity index is 2.83. The summed E-state index contributed by atoms with van der Waals surface area (Å²) in [6.07, 6.45) is -0.297. The normalized spacial score (nSPS) is 12.0. The largest absolute Gasteiger partial charge is 0.481 e. The zero-order valence-corrected chi connectivity index (χ0v) is 10.1. The number of hydrogen-bond acceptors (Lipinski definition) is 3. The fourth-order valence-corrected chi connectivity index (χ4v) is 1.55. The van der Waals surface area contributed by atoms with Crippen LogP contribution in [0.4, 0.5) is 8.78 Å². The highest BCUT2D eigenvalue weighted by atomic mass is 19.3. The van der Waals surface area contributed by atoms with Gasteiger partial charge in [-0.3, -0.25) is 9.59 Å². The number of nitrogens with one attached hydrogen (secondary N) is 1. The number of rotatable bonds is 6. The van der Waals surface area contributed by atoms with Gasteiger partial charge in [0.15, 0.2) is 0 Å². The number of amides is 1. The molecule has 0 spiro atoms. The lowest BCUT2D eigenvalue weighted by molar-refractivity contribution is -0.137. The van der Waals surface area contributed by atoms with Crippen molar-refractivity contribution in [2.75, 3.05) is 0 Å². The Morgan fingerprint density at radius 1 is 1.32 bits per heavy atom. The molecule has 0 bridgehead atoms. The van der Waals surface area contributed by atoms with E-state index in [4.69, 9.17) is 5.11 Å². The highest BCUT2D eigenvalue weighted by Crippen LogP contribution is 2.21. The molecule has 1 atom stereocenters. The zero-order valence-electron chi connectivity index (χ0n) is 10.1. The molecule has 0 radical (unpaired) electrons. The Morgan fingerprint density at radius 3 is 2.32 bits per heavy atom. The van der Waals surface area contributed by atoms with Gasteiger partial charge in [0, 0.05) is 6.92 Å². The van der Waals surface area contributed by atoms with Crippen molar-refractivity contribution in [3.8, 4) is 5.75 Å². The first-order chi connectivity index (χ1) is 8.88. The van der Waals surface area contributed by atoms with Crippen LogP contribution in [0.1, 0.15) is 24.9 Å². The molecule has 0 aliphatic rings. The van der Waals surface area contributed by atoms with Crippen molar-refractivity contribution in [2.45, 2.75) is 26.0 Å². The Morgan fingerprint density at radius 2 is 1.89 bits per heavy atom. The van der Waals surface area contributed by atoms with Crippen LogP contribution in [0.3, 0.4) is 0 Å². The molecule has 1 amide bonds. The first-order valence-electron chi connectivity index (χ1n) is 5.42. The minimum Gasteiger partial charge on any atom is -0.481 e. The van der Waals surface area contributed by atoms with Gasteiger partial charge in [0.05, 0.1) is 12.5 Å². The second-order valence-electron chi connectivity index (χ2n) is 3.80. The van der Waals surface area contributed by atoms with E-state index >= 15 is 0 Å². The molecule has 0 aromatic heterocycles. The van der Waals surface area contributed by atoms with Gasteiger partial charge in [0.1, 0.15) is 5.75 Å². The van der Waals surface area contributed by atoms with E-state index in [1.165, 1.54) is 31.2 Å². The SMILES string of the molecule is CC(=O)NC(CC(=O)O)c1ccc(OC(F)F)cc1. The van der Waals surface area contributed by atoms with Gasteiger partial charge in [-0.1, -0.05) is 12.1 Å². The minimum absolute atomic E-state index is 0.0318. The summed E-state index contributed by atoms with van der Waals surface area (Å²) in [5.74, 6) is -1.48. The zero-order chi connectivity index (χ0) is 14.4. The van der Waals surface area contributed by atoms with Gasteiger partial charge < -0.3 is 15.2 Å². The van der Waals surface area contributed by atoms with E-state index in [9.17, 15) is 18.4 Å². The Hall–Kier alpha value is -2.18. The molecule has 2 N–H and O–H groups in total. The van der Waals surface area contributed by atoms with E-state index in [1.807, 2.05) is 0 Å². The quantitative estimate of drug-likeness (QED) is 0.830. The highest BCUT2D eigenvalue weighted by molar-refractivity contribution is 5.75. The number of carbonyl (C=O) groups is 2. The minimum atomic E-state index is -2.92. The van der Waals surface area contributed by atoms with E-state index in [-0.39, 0.29) is 18.1 Å². The molecular formula is C12H13F2NO4. The van der Waals surface area contributed by atoms with Crippen LogP contribution in [0, 0.1) is 0 Å². The molecule has 7 heteroatoms. The molecule has 1 aromatic rings. The third-order valence-corrected chi connectivity index (χ3v) is 2.26. The lowest BCUT2D eigenvalue weighted by Crippen LogP contribution is -2.27. The first kappa shape index (κ1) is 14.9. The number of carboxylic acid groups (broad SMARTS) is 1. The molecule has 0 aliphatic carbocycles. The van der Waals surface area contributed by atoms with E-state index in [0.29, 0.717) is 5.56 Å². The van der Waals surface area contributed by atoms with Crippen molar-refractivity contribution >= 4 is 11.9 Å². The fraction of sp³-hybridized carbons (Fsp3) is 0.333. The average molecular weight is 273 g/mol. The molecular weight excluding hydrogens is 260 g/mol. The molecule has 1 aromatic carbocycles. The predicted octanol–water partition coefficient (Wildman–Crippen LogP) is 1.94. The molecule has 5 nitrogen and oxygen atoms in total. The van der Waals surface area contributed by atoms with Crippen molar-refractivity contribution in [3.05, 3.63) is 29.8 Å². The monoisotopic (exact) mass is 273 g/mol. The first-order valence-corrected chi connectivity index (χ1v) is 5.42. The van der Waals surface area contributed by atoms with Crippen LogP contribution in [0.15, 0.2) is 24.3 Å². The van der Waals surface area contributed by atoms with Gasteiger partial charge in [0.25, 0.3) is 0 Å². The average Bonchev–Trinajstić information content (AvgIpc) is 2.27. The molecule has 0 heterocycles. The van der Waals surface area contributed by atoms with E-state index in [1.54, 1.807) is 0 Å². The standard InChI is InChI=1S/C12H13F2NO4/c1-7(16)15-10(6-11(17)18)8-2-4-9(5-3-8)19-12(13)14/h2-5,10,12H,6H2,1H3,(H,15,16)(H,17,18). The fourth-order valence-electron chi connectivity index (χ4n) is 1.55. The molecule has 1 unspecified atom stereocenters. The van der Waals surface area contributed by atoms with Crippen LogP contribution < -0.4 is 10.1 Å². The molecule has 0 saturated carbocycles.